The Kier molecular flexibility index (Phi) is 6.92. The van der Waals surface area contributed by atoms with Gasteiger partial charge < -0.3 is 29.9 Å². The van der Waals surface area contributed by atoms with E-state index in [1.54, 1.807) is 0 Å². The Labute approximate surface area is 171 Å². The molecule has 4 rings (SSSR count). The summed E-state index contributed by atoms with van der Waals surface area (Å²) in [5, 5.41) is 27.4. The lowest BCUT2D eigenvalue weighted by atomic mass is 9.80. The molecular formula is C20H32N4O5. The van der Waals surface area contributed by atoms with Gasteiger partial charge in [0.05, 0.1) is 18.3 Å². The van der Waals surface area contributed by atoms with E-state index in [1.165, 1.54) is 12.8 Å². The average molecular weight is 408 g/mol. The summed E-state index contributed by atoms with van der Waals surface area (Å²) >= 11 is 0. The second-order valence-electron chi connectivity index (χ2n) is 8.06. The third kappa shape index (κ3) is 4.46. The molecule has 1 spiro atoms. The molecule has 3 aliphatic heterocycles. The van der Waals surface area contributed by atoms with E-state index in [4.69, 9.17) is 24.6 Å². The van der Waals surface area contributed by atoms with Crippen molar-refractivity contribution in [2.24, 2.45) is 0 Å². The van der Waals surface area contributed by atoms with Gasteiger partial charge in [-0.15, -0.1) is 0 Å². The number of ether oxygens (including phenoxy) is 1. The Morgan fingerprint density at radius 3 is 2.31 bits per heavy atom. The van der Waals surface area contributed by atoms with Gasteiger partial charge in [0.15, 0.2) is 0 Å². The molecule has 162 valence electrons. The number of nitrogens with zero attached hydrogens (tertiary/aromatic N) is 4. The molecule has 0 radical (unpaired) electrons. The Morgan fingerprint density at radius 1 is 1.07 bits per heavy atom. The van der Waals surface area contributed by atoms with E-state index in [2.05, 4.69) is 23.6 Å². The molecule has 29 heavy (non-hydrogen) atoms. The second kappa shape index (κ2) is 9.23. The van der Waals surface area contributed by atoms with Gasteiger partial charge in [0.25, 0.3) is 6.47 Å². The maximum Gasteiger partial charge on any atom is 0.290 e. The minimum absolute atomic E-state index is 0.250. The van der Waals surface area contributed by atoms with Crippen molar-refractivity contribution in [3.63, 3.8) is 0 Å². The smallest absolute Gasteiger partial charge is 0.290 e. The molecule has 3 N–H and O–H groups in total. The number of rotatable bonds is 2. The molecule has 0 bridgehead atoms. The van der Waals surface area contributed by atoms with Gasteiger partial charge in [-0.2, -0.15) is 4.98 Å². The lowest BCUT2D eigenvalue weighted by Gasteiger charge is -2.48. The number of aliphatic hydroxyl groups is 2. The highest BCUT2D eigenvalue weighted by molar-refractivity contribution is 5.53. The highest BCUT2D eigenvalue weighted by atomic mass is 16.5. The Hall–Kier alpha value is -1.97. The molecule has 3 fully saturated rings. The highest BCUT2D eigenvalue weighted by Crippen LogP contribution is 2.37. The third-order valence-corrected chi connectivity index (χ3v) is 6.36. The number of piperidine rings is 1. The van der Waals surface area contributed by atoms with Crippen LogP contribution in [0.3, 0.4) is 0 Å². The van der Waals surface area contributed by atoms with Crippen LogP contribution in [0, 0.1) is 13.8 Å². The molecule has 3 aliphatic rings. The lowest BCUT2D eigenvalue weighted by Crippen LogP contribution is -2.60. The van der Waals surface area contributed by atoms with Crippen molar-refractivity contribution in [1.82, 2.24) is 9.97 Å². The summed E-state index contributed by atoms with van der Waals surface area (Å²) in [6.45, 7) is 7.99. The fraction of sp³-hybridized carbons (Fsp3) is 0.750. The van der Waals surface area contributed by atoms with Gasteiger partial charge >= 0.3 is 0 Å². The van der Waals surface area contributed by atoms with E-state index >= 15 is 0 Å². The number of hydrogen-bond donors (Lipinski definition) is 3. The van der Waals surface area contributed by atoms with E-state index in [-0.39, 0.29) is 6.47 Å². The number of hydrogen-bond acceptors (Lipinski definition) is 8. The molecule has 3 saturated heterocycles. The van der Waals surface area contributed by atoms with E-state index in [9.17, 15) is 10.2 Å². The van der Waals surface area contributed by atoms with Gasteiger partial charge in [-0.25, -0.2) is 4.98 Å². The van der Waals surface area contributed by atoms with Crippen LogP contribution in [0.5, 0.6) is 0 Å². The zero-order valence-electron chi connectivity index (χ0n) is 17.3. The van der Waals surface area contributed by atoms with Crippen molar-refractivity contribution >= 4 is 18.2 Å². The molecule has 9 nitrogen and oxygen atoms in total. The molecule has 9 heteroatoms. The predicted octanol–water partition coefficient (Wildman–Crippen LogP) is 0.876. The van der Waals surface area contributed by atoms with Crippen molar-refractivity contribution in [2.45, 2.75) is 63.8 Å². The first kappa shape index (κ1) is 21.7. The number of aromatic nitrogens is 2. The first-order valence-electron chi connectivity index (χ1n) is 10.3. The van der Waals surface area contributed by atoms with Crippen molar-refractivity contribution in [2.75, 3.05) is 42.6 Å². The molecule has 4 heterocycles. The van der Waals surface area contributed by atoms with Crippen LogP contribution in [-0.2, 0) is 9.53 Å². The van der Waals surface area contributed by atoms with Gasteiger partial charge in [-0.3, -0.25) is 4.79 Å². The quantitative estimate of drug-likeness (QED) is 0.613. The maximum atomic E-state index is 10.5. The molecule has 0 aromatic carbocycles. The zero-order chi connectivity index (χ0) is 21.0. The van der Waals surface area contributed by atoms with E-state index in [1.807, 2.05) is 0 Å². The number of anilines is 2. The van der Waals surface area contributed by atoms with Crippen LogP contribution in [-0.4, -0.2) is 82.4 Å². The molecule has 2 atom stereocenters. The number of carboxylic acid groups (broad SMARTS) is 1. The minimum Gasteiger partial charge on any atom is -0.483 e. The maximum absolute atomic E-state index is 10.5. The normalized spacial score (nSPS) is 26.2. The minimum atomic E-state index is -0.799. The van der Waals surface area contributed by atoms with Crippen LogP contribution in [0.4, 0.5) is 11.8 Å². The van der Waals surface area contributed by atoms with Crippen LogP contribution >= 0.6 is 0 Å². The van der Waals surface area contributed by atoms with E-state index in [0.29, 0.717) is 25.9 Å². The van der Waals surface area contributed by atoms with Gasteiger partial charge in [-0.05, 0) is 46.0 Å². The summed E-state index contributed by atoms with van der Waals surface area (Å²) in [5.74, 6) is 1.84. The largest absolute Gasteiger partial charge is 0.483 e. The third-order valence-electron chi connectivity index (χ3n) is 6.36. The average Bonchev–Trinajstić information content (AvgIpc) is 3.24. The van der Waals surface area contributed by atoms with E-state index < -0.39 is 17.8 Å². The molecule has 1 aromatic rings. The first-order chi connectivity index (χ1) is 13.9. The molecule has 0 unspecified atom stereocenters. The predicted molar refractivity (Wildman–Crippen MR) is 108 cm³/mol. The van der Waals surface area contributed by atoms with Gasteiger partial charge in [0.2, 0.25) is 5.95 Å². The fourth-order valence-electron chi connectivity index (χ4n) is 4.48. The van der Waals surface area contributed by atoms with Crippen LogP contribution in [0.2, 0.25) is 0 Å². The zero-order valence-corrected chi connectivity index (χ0v) is 17.3. The van der Waals surface area contributed by atoms with E-state index in [0.717, 1.165) is 49.2 Å². The summed E-state index contributed by atoms with van der Waals surface area (Å²) in [7, 11) is 0. The van der Waals surface area contributed by atoms with Crippen LogP contribution < -0.4 is 9.80 Å². The molecule has 0 aliphatic carbocycles. The number of carbonyl (C=O) groups is 1. The van der Waals surface area contributed by atoms with Gasteiger partial charge in [0, 0.05) is 37.4 Å². The number of aliphatic hydroxyl groups excluding tert-OH is 2. The molecule has 1 aromatic heterocycles. The second-order valence-corrected chi connectivity index (χ2v) is 8.06. The highest BCUT2D eigenvalue weighted by Gasteiger charge is 2.47. The summed E-state index contributed by atoms with van der Waals surface area (Å²) in [6.07, 6.45) is 2.84. The molecular weight excluding hydrogens is 376 g/mol. The topological polar surface area (TPSA) is 119 Å². The van der Waals surface area contributed by atoms with Crippen molar-refractivity contribution in [1.29, 1.82) is 0 Å². The monoisotopic (exact) mass is 408 g/mol. The molecule has 0 saturated carbocycles. The molecule has 0 amide bonds. The summed E-state index contributed by atoms with van der Waals surface area (Å²) in [6, 6.07) is 0. The van der Waals surface area contributed by atoms with Crippen molar-refractivity contribution in [3.05, 3.63) is 11.3 Å². The fourth-order valence-corrected chi connectivity index (χ4v) is 4.48. The summed E-state index contributed by atoms with van der Waals surface area (Å²) < 4.78 is 5.95. The lowest BCUT2D eigenvalue weighted by molar-refractivity contribution is -0.205. The standard InChI is InChI=1S/C19H30N4O3.CH2O2/c1-13-14(2)20-18(23-8-3-4-9-23)21-17(13)22-10-6-19(7-11-22)16(25)15(24)5-12-26-19;2-1-3/h15-16,24-25H,3-12H2,1-2H3;1H,(H,2,3)/t15-,16-;/m0./s1. The van der Waals surface area contributed by atoms with Gasteiger partial charge in [0.1, 0.15) is 11.9 Å². The summed E-state index contributed by atoms with van der Waals surface area (Å²) in [4.78, 5) is 22.5. The van der Waals surface area contributed by atoms with Crippen LogP contribution in [0.25, 0.3) is 0 Å². The van der Waals surface area contributed by atoms with Crippen LogP contribution in [0.15, 0.2) is 0 Å². The van der Waals surface area contributed by atoms with Gasteiger partial charge in [-0.1, -0.05) is 0 Å². The Balaban J connectivity index is 0.000000755. The van der Waals surface area contributed by atoms with Crippen molar-refractivity contribution in [3.8, 4) is 0 Å². The first-order valence-corrected chi connectivity index (χ1v) is 10.3. The Bertz CT molecular complexity index is 702. The Morgan fingerprint density at radius 2 is 1.69 bits per heavy atom. The summed E-state index contributed by atoms with van der Waals surface area (Å²) in [5.41, 5.74) is 1.54. The number of aryl methyl sites for hydroxylation is 1. The van der Waals surface area contributed by atoms with Crippen LogP contribution in [0.1, 0.15) is 43.4 Å². The van der Waals surface area contributed by atoms with Crippen molar-refractivity contribution < 1.29 is 24.9 Å². The SMILES string of the molecule is Cc1nc(N2CCCC2)nc(N2CCC3(CC2)OCC[C@H](O)[C@@H]3O)c1C.O=CO.